The molecule has 0 aliphatic carbocycles. The molecular weight excluding hydrogens is 320 g/mol. The average Bonchev–Trinajstić information content (AvgIpc) is 3.08. The monoisotopic (exact) mass is 338 g/mol. The van der Waals surface area contributed by atoms with Crippen molar-refractivity contribution in [3.8, 4) is 40.0 Å². The molecule has 0 bridgehead atoms. The number of fused-ring (bicyclic) bond motifs is 1. The van der Waals surface area contributed by atoms with Gasteiger partial charge in [0.15, 0.2) is 5.82 Å². The second-order valence-corrected chi connectivity index (χ2v) is 6.47. The number of benzene rings is 2. The summed E-state index contributed by atoms with van der Waals surface area (Å²) >= 11 is 0. The normalized spacial score (nSPS) is 10.8. The zero-order valence-corrected chi connectivity index (χ0v) is 14.8. The number of rotatable bonds is 3. The van der Waals surface area contributed by atoms with Crippen LogP contribution >= 0.6 is 0 Å². The van der Waals surface area contributed by atoms with E-state index in [-0.39, 0.29) is 0 Å². The summed E-state index contributed by atoms with van der Waals surface area (Å²) in [6.07, 6.45) is 3.71. The summed E-state index contributed by atoms with van der Waals surface area (Å²) in [5, 5.41) is 8.82. The van der Waals surface area contributed by atoms with Crippen molar-refractivity contribution in [2.75, 3.05) is 0 Å². The van der Waals surface area contributed by atoms with Crippen LogP contribution in [-0.4, -0.2) is 14.5 Å². The molecule has 0 atom stereocenters. The third-order valence-corrected chi connectivity index (χ3v) is 4.66. The molecule has 2 aromatic rings. The van der Waals surface area contributed by atoms with Gasteiger partial charge in [0, 0.05) is 18.0 Å². The van der Waals surface area contributed by atoms with Gasteiger partial charge in [0.25, 0.3) is 0 Å². The van der Waals surface area contributed by atoms with Gasteiger partial charge in [0.05, 0.1) is 11.8 Å². The maximum atomic E-state index is 8.82. The van der Waals surface area contributed by atoms with E-state index in [4.69, 9.17) is 5.26 Å². The minimum absolute atomic E-state index is 0.308. The number of nitrogens with zero attached hydrogens (tertiary/aromatic N) is 4. The van der Waals surface area contributed by atoms with Crippen molar-refractivity contribution in [1.82, 2.24) is 14.5 Å². The van der Waals surface area contributed by atoms with Gasteiger partial charge in [-0.3, -0.25) is 0 Å². The van der Waals surface area contributed by atoms with Crippen molar-refractivity contribution < 1.29 is 0 Å². The van der Waals surface area contributed by atoms with Crippen LogP contribution in [0.3, 0.4) is 0 Å². The molecule has 2 aliphatic rings. The van der Waals surface area contributed by atoms with E-state index in [1.807, 2.05) is 23.0 Å². The van der Waals surface area contributed by atoms with Gasteiger partial charge < -0.3 is 4.57 Å². The zero-order chi connectivity index (χ0) is 18.1. The van der Waals surface area contributed by atoms with Crippen molar-refractivity contribution >= 4 is 0 Å². The van der Waals surface area contributed by atoms with Crippen LogP contribution < -0.4 is 0 Å². The number of imidazole rings is 1. The molecule has 4 rings (SSSR count). The lowest BCUT2D eigenvalue weighted by molar-refractivity contribution is 0.821. The summed E-state index contributed by atoms with van der Waals surface area (Å²) in [5.41, 5.74) is 7.62. The first-order valence-electron chi connectivity index (χ1n) is 8.52. The highest BCUT2D eigenvalue weighted by Gasteiger charge is 2.12. The predicted octanol–water partition coefficient (Wildman–Crippen LogP) is 4.86. The van der Waals surface area contributed by atoms with E-state index in [1.165, 1.54) is 22.3 Å². The Morgan fingerprint density at radius 1 is 0.846 bits per heavy atom. The molecule has 0 saturated heterocycles. The fourth-order valence-electron chi connectivity index (χ4n) is 2.99. The molecule has 0 amide bonds. The van der Waals surface area contributed by atoms with E-state index in [0.717, 1.165) is 17.0 Å². The van der Waals surface area contributed by atoms with Crippen LogP contribution in [0.2, 0.25) is 0 Å². The summed E-state index contributed by atoms with van der Waals surface area (Å²) in [5.74, 6) is 0.710. The summed E-state index contributed by atoms with van der Waals surface area (Å²) in [7, 11) is 0. The van der Waals surface area contributed by atoms with E-state index < -0.39 is 0 Å². The highest BCUT2D eigenvalue weighted by atomic mass is 15.0. The van der Waals surface area contributed by atoms with Gasteiger partial charge in [0.2, 0.25) is 0 Å². The zero-order valence-electron chi connectivity index (χ0n) is 14.8. The Kier molecular flexibility index (Phi) is 3.98. The van der Waals surface area contributed by atoms with E-state index in [2.05, 4.69) is 72.3 Å². The summed E-state index contributed by atoms with van der Waals surface area (Å²) < 4.78 is 1.81. The fourth-order valence-corrected chi connectivity index (χ4v) is 2.99. The highest BCUT2D eigenvalue weighted by Crippen LogP contribution is 2.28. The maximum Gasteiger partial charge on any atom is 0.160 e. The topological polar surface area (TPSA) is 54.5 Å². The Morgan fingerprint density at radius 3 is 2.27 bits per heavy atom. The largest absolute Gasteiger partial charge is 0.338 e. The molecule has 0 unspecified atom stereocenters. The van der Waals surface area contributed by atoms with Gasteiger partial charge >= 0.3 is 0 Å². The van der Waals surface area contributed by atoms with Gasteiger partial charge in [0.1, 0.15) is 12.2 Å². The van der Waals surface area contributed by atoms with Gasteiger partial charge in [-0.1, -0.05) is 42.5 Å². The number of hydrogen-bond acceptors (Lipinski definition) is 3. The van der Waals surface area contributed by atoms with E-state index >= 15 is 0 Å². The van der Waals surface area contributed by atoms with Crippen molar-refractivity contribution in [3.63, 3.8) is 0 Å². The van der Waals surface area contributed by atoms with Gasteiger partial charge in [-0.25, -0.2) is 9.97 Å². The Morgan fingerprint density at radius 2 is 1.54 bits per heavy atom. The molecule has 0 aromatic heterocycles. The van der Waals surface area contributed by atoms with Gasteiger partial charge in [-0.05, 0) is 42.2 Å². The third-order valence-electron chi connectivity index (χ3n) is 4.66. The first-order valence-corrected chi connectivity index (χ1v) is 8.52. The van der Waals surface area contributed by atoms with Crippen LogP contribution in [0, 0.1) is 25.2 Å². The molecule has 0 fully saturated rings. The van der Waals surface area contributed by atoms with Crippen molar-refractivity contribution in [3.05, 3.63) is 72.1 Å². The molecule has 2 aliphatic heterocycles. The van der Waals surface area contributed by atoms with Gasteiger partial charge in [-0.15, -0.1) is 0 Å². The Labute approximate surface area is 152 Å². The lowest BCUT2D eigenvalue weighted by Gasteiger charge is -2.06. The van der Waals surface area contributed by atoms with Crippen molar-refractivity contribution in [2.24, 2.45) is 0 Å². The Bertz CT molecular complexity index is 1080. The Hall–Kier alpha value is -3.45. The lowest BCUT2D eigenvalue weighted by Crippen LogP contribution is -1.96. The molecule has 126 valence electrons. The van der Waals surface area contributed by atoms with E-state index in [1.54, 1.807) is 0 Å². The summed E-state index contributed by atoms with van der Waals surface area (Å²) in [6.45, 7) is 4.57. The summed E-state index contributed by atoms with van der Waals surface area (Å²) in [4.78, 5) is 9.22. The average molecular weight is 338 g/mol. The predicted molar refractivity (Wildman–Crippen MR) is 103 cm³/mol. The lowest BCUT2D eigenvalue weighted by atomic mass is 9.99. The smallest absolute Gasteiger partial charge is 0.160 e. The molecule has 26 heavy (non-hydrogen) atoms. The standard InChI is InChI=1S/C22H18N4/c1-15-3-4-19(13-16(15)2)17-5-7-18(8-6-17)22-24-20-9-11-26(12-10-23)14-21(20)25-22/h3-9,11,13-14H,12H2,1-2H3. The molecule has 0 N–H and O–H groups in total. The quantitative estimate of drug-likeness (QED) is 0.536. The maximum absolute atomic E-state index is 8.82. The second-order valence-electron chi connectivity index (χ2n) is 6.47. The van der Waals surface area contributed by atoms with Gasteiger partial charge in [-0.2, -0.15) is 5.26 Å². The van der Waals surface area contributed by atoms with Crippen LogP contribution in [-0.2, 0) is 6.54 Å². The number of aromatic nitrogens is 3. The number of aryl methyl sites for hydroxylation is 2. The van der Waals surface area contributed by atoms with Crippen LogP contribution in [0.4, 0.5) is 0 Å². The fraction of sp³-hybridized carbons (Fsp3) is 0.136. The summed E-state index contributed by atoms with van der Waals surface area (Å²) in [6, 6.07) is 18.9. The van der Waals surface area contributed by atoms with Crippen LogP contribution in [0.1, 0.15) is 11.1 Å². The molecule has 0 radical (unpaired) electrons. The molecule has 0 spiro atoms. The first-order chi connectivity index (χ1) is 12.6. The van der Waals surface area contributed by atoms with E-state index in [9.17, 15) is 0 Å². The number of pyridine rings is 1. The van der Waals surface area contributed by atoms with Crippen molar-refractivity contribution in [1.29, 1.82) is 5.26 Å². The molecule has 4 heteroatoms. The molecule has 0 saturated carbocycles. The first kappa shape index (κ1) is 16.0. The molecule has 4 nitrogen and oxygen atoms in total. The minimum atomic E-state index is 0.308. The van der Waals surface area contributed by atoms with Crippen LogP contribution in [0.15, 0.2) is 60.9 Å². The second kappa shape index (κ2) is 6.45. The van der Waals surface area contributed by atoms with Crippen LogP contribution in [0.5, 0.6) is 0 Å². The van der Waals surface area contributed by atoms with E-state index in [0.29, 0.717) is 12.4 Å². The third kappa shape index (κ3) is 2.96. The number of nitriles is 1. The Balaban J connectivity index is 1.66. The van der Waals surface area contributed by atoms with Crippen LogP contribution in [0.25, 0.3) is 33.9 Å². The SMILES string of the molecule is Cc1ccc(-c2ccc(-c3nc4ccn(CC#N)cc-4n3)cc2)cc1C. The number of hydrogen-bond donors (Lipinski definition) is 0. The minimum Gasteiger partial charge on any atom is -0.338 e. The highest BCUT2D eigenvalue weighted by molar-refractivity contribution is 5.71. The molecule has 2 heterocycles. The molecule has 2 aromatic carbocycles. The molecular formula is C22H18N4. The van der Waals surface area contributed by atoms with Crippen molar-refractivity contribution in [2.45, 2.75) is 20.4 Å².